The zero-order valence-electron chi connectivity index (χ0n) is 12.4. The Bertz CT molecular complexity index is 728. The molecule has 2 rings (SSSR count). The molecule has 0 bridgehead atoms. The molecule has 0 aliphatic rings. The number of nitrogens with zero attached hydrogens (tertiary/aromatic N) is 3. The molecule has 0 aliphatic heterocycles. The van der Waals surface area contributed by atoms with E-state index in [9.17, 15) is 4.21 Å². The van der Waals surface area contributed by atoms with E-state index in [1.807, 2.05) is 20.8 Å². The van der Waals surface area contributed by atoms with E-state index in [0.29, 0.717) is 26.9 Å². The summed E-state index contributed by atoms with van der Waals surface area (Å²) < 4.78 is 15.6. The molecule has 0 fully saturated rings. The molecule has 2 aromatic rings. The third-order valence-corrected chi connectivity index (χ3v) is 5.00. The molecule has 7 heteroatoms. The predicted octanol–water partition coefficient (Wildman–Crippen LogP) is 4.33. The molecule has 0 unspecified atom stereocenters. The first kappa shape index (κ1) is 17.1. The highest BCUT2D eigenvalue weighted by Gasteiger charge is 2.18. The maximum atomic E-state index is 11.9. The number of halogens is 2. The van der Waals surface area contributed by atoms with Gasteiger partial charge in [0.1, 0.15) is 11.0 Å². The highest BCUT2D eigenvalue weighted by atomic mass is 35.5. The van der Waals surface area contributed by atoms with Crippen LogP contribution in [0.2, 0.25) is 10.0 Å². The van der Waals surface area contributed by atoms with Gasteiger partial charge >= 0.3 is 0 Å². The third kappa shape index (κ3) is 3.91. The summed E-state index contributed by atoms with van der Waals surface area (Å²) >= 11 is 12.6. The van der Waals surface area contributed by atoms with Gasteiger partial charge in [-0.1, -0.05) is 35.3 Å². The number of benzene rings is 1. The zero-order chi connectivity index (χ0) is 16.3. The monoisotopic (exact) mass is 355 g/mol. The Hall–Kier alpha value is -1.30. The fraction of sp³-hybridized carbons (Fsp3) is 0.267. The Morgan fingerprint density at radius 2 is 1.91 bits per heavy atom. The molecule has 0 spiro atoms. The second-order valence-electron chi connectivity index (χ2n) is 5.52. The van der Waals surface area contributed by atoms with Crippen molar-refractivity contribution in [2.24, 2.45) is 4.40 Å². The van der Waals surface area contributed by atoms with Crippen LogP contribution in [0.3, 0.4) is 0 Å². The Morgan fingerprint density at radius 1 is 1.18 bits per heavy atom. The SMILES string of the molecule is CC(C)(C)[S@](=O)/N=C/c1ccc(-c2cnccn2)c(Cl)c1Cl. The second-order valence-corrected chi connectivity index (χ2v) is 8.21. The molecule has 0 N–H and O–H groups in total. The van der Waals surface area contributed by atoms with E-state index < -0.39 is 15.7 Å². The summed E-state index contributed by atoms with van der Waals surface area (Å²) in [4.78, 5) is 8.21. The van der Waals surface area contributed by atoms with E-state index in [-0.39, 0.29) is 0 Å². The van der Waals surface area contributed by atoms with Crippen molar-refractivity contribution in [3.05, 3.63) is 46.3 Å². The van der Waals surface area contributed by atoms with Gasteiger partial charge in [-0.05, 0) is 20.8 Å². The van der Waals surface area contributed by atoms with E-state index in [1.165, 1.54) is 6.21 Å². The topological polar surface area (TPSA) is 55.2 Å². The van der Waals surface area contributed by atoms with Crippen molar-refractivity contribution in [1.29, 1.82) is 0 Å². The summed E-state index contributed by atoms with van der Waals surface area (Å²) in [5, 5.41) is 0.715. The first-order chi connectivity index (χ1) is 10.3. The van der Waals surface area contributed by atoms with Crippen molar-refractivity contribution in [2.75, 3.05) is 0 Å². The molecule has 1 aromatic heterocycles. The predicted molar refractivity (Wildman–Crippen MR) is 93.0 cm³/mol. The first-order valence-corrected chi connectivity index (χ1v) is 8.37. The number of hydrogen-bond donors (Lipinski definition) is 0. The van der Waals surface area contributed by atoms with Gasteiger partial charge in [0.2, 0.25) is 0 Å². The van der Waals surface area contributed by atoms with Crippen LogP contribution in [0, 0.1) is 0 Å². The maximum absolute atomic E-state index is 11.9. The summed E-state index contributed by atoms with van der Waals surface area (Å²) in [5.41, 5.74) is 1.93. The van der Waals surface area contributed by atoms with Gasteiger partial charge in [0.15, 0.2) is 0 Å². The normalized spacial score (nSPS) is 13.5. The van der Waals surface area contributed by atoms with Gasteiger partial charge in [-0.25, -0.2) is 4.21 Å². The van der Waals surface area contributed by atoms with Gasteiger partial charge in [-0.3, -0.25) is 9.97 Å². The van der Waals surface area contributed by atoms with Gasteiger partial charge < -0.3 is 0 Å². The van der Waals surface area contributed by atoms with Crippen molar-refractivity contribution < 1.29 is 4.21 Å². The molecule has 1 aromatic carbocycles. The Morgan fingerprint density at radius 3 is 2.50 bits per heavy atom. The van der Waals surface area contributed by atoms with E-state index >= 15 is 0 Å². The van der Waals surface area contributed by atoms with Crippen LogP contribution >= 0.6 is 23.2 Å². The maximum Gasteiger partial charge on any atom is 0.144 e. The minimum absolute atomic E-state index is 0.347. The van der Waals surface area contributed by atoms with Crippen LogP contribution in [-0.2, 0) is 11.0 Å². The van der Waals surface area contributed by atoms with Crippen LogP contribution in [0.15, 0.2) is 35.1 Å². The number of aromatic nitrogens is 2. The molecule has 0 radical (unpaired) electrons. The van der Waals surface area contributed by atoms with Crippen LogP contribution in [0.5, 0.6) is 0 Å². The highest BCUT2D eigenvalue weighted by molar-refractivity contribution is 7.85. The lowest BCUT2D eigenvalue weighted by atomic mass is 10.1. The fourth-order valence-corrected chi connectivity index (χ4v) is 2.57. The van der Waals surface area contributed by atoms with Crippen molar-refractivity contribution in [3.63, 3.8) is 0 Å². The molecule has 0 amide bonds. The van der Waals surface area contributed by atoms with E-state index in [1.54, 1.807) is 30.7 Å². The lowest BCUT2D eigenvalue weighted by Crippen LogP contribution is -2.19. The molecule has 1 atom stereocenters. The Balaban J connectivity index is 2.36. The summed E-state index contributed by atoms with van der Waals surface area (Å²) in [6.45, 7) is 5.56. The summed E-state index contributed by atoms with van der Waals surface area (Å²) in [6, 6.07) is 3.56. The molecular formula is C15H15Cl2N3OS. The molecule has 1 heterocycles. The lowest BCUT2D eigenvalue weighted by molar-refractivity contribution is 0.651. The molecule has 4 nitrogen and oxygen atoms in total. The van der Waals surface area contributed by atoms with Gasteiger partial charge in [0.25, 0.3) is 0 Å². The summed E-state index contributed by atoms with van der Waals surface area (Å²) in [6.07, 6.45) is 6.26. The number of rotatable bonds is 3. The molecule has 0 aliphatic carbocycles. The zero-order valence-corrected chi connectivity index (χ0v) is 14.7. The van der Waals surface area contributed by atoms with Gasteiger partial charge in [0, 0.05) is 29.7 Å². The lowest BCUT2D eigenvalue weighted by Gasteiger charge is -2.13. The summed E-state index contributed by atoms with van der Waals surface area (Å²) in [7, 11) is -1.35. The van der Waals surface area contributed by atoms with E-state index in [2.05, 4.69) is 14.4 Å². The second kappa shape index (κ2) is 6.86. The van der Waals surface area contributed by atoms with Gasteiger partial charge in [-0.15, -0.1) is 0 Å². The average molecular weight is 356 g/mol. The van der Waals surface area contributed by atoms with Crippen LogP contribution < -0.4 is 0 Å². The summed E-state index contributed by atoms with van der Waals surface area (Å²) in [5.74, 6) is 0. The van der Waals surface area contributed by atoms with E-state index in [0.717, 1.165) is 0 Å². The van der Waals surface area contributed by atoms with Crippen molar-refractivity contribution in [3.8, 4) is 11.3 Å². The van der Waals surface area contributed by atoms with E-state index in [4.69, 9.17) is 23.2 Å². The molecule has 116 valence electrons. The van der Waals surface area contributed by atoms with Crippen LogP contribution in [-0.4, -0.2) is 25.1 Å². The standard InChI is InChI=1S/C15H15Cl2N3OS/c1-15(2,3)22(21)20-8-10-4-5-11(14(17)13(10)16)12-9-18-6-7-19-12/h4-9H,1-3H3/b20-8+/t22-/m0/s1. The molecule has 0 saturated heterocycles. The minimum Gasteiger partial charge on any atom is -0.261 e. The van der Waals surface area contributed by atoms with Crippen molar-refractivity contribution in [1.82, 2.24) is 9.97 Å². The molecular weight excluding hydrogens is 341 g/mol. The van der Waals surface area contributed by atoms with Crippen molar-refractivity contribution >= 4 is 40.4 Å². The van der Waals surface area contributed by atoms with Crippen LogP contribution in [0.4, 0.5) is 0 Å². The van der Waals surface area contributed by atoms with Gasteiger partial charge in [-0.2, -0.15) is 4.40 Å². The highest BCUT2D eigenvalue weighted by Crippen LogP contribution is 2.34. The minimum atomic E-state index is -1.35. The van der Waals surface area contributed by atoms with Crippen molar-refractivity contribution in [2.45, 2.75) is 25.5 Å². The largest absolute Gasteiger partial charge is 0.261 e. The first-order valence-electron chi connectivity index (χ1n) is 6.51. The number of hydrogen-bond acceptors (Lipinski definition) is 3. The average Bonchev–Trinajstić information content (AvgIpc) is 2.48. The smallest absolute Gasteiger partial charge is 0.144 e. The fourth-order valence-electron chi connectivity index (χ4n) is 1.56. The third-order valence-electron chi connectivity index (χ3n) is 2.76. The molecule has 22 heavy (non-hydrogen) atoms. The Kier molecular flexibility index (Phi) is 5.32. The van der Waals surface area contributed by atoms with Crippen LogP contribution in [0.25, 0.3) is 11.3 Å². The van der Waals surface area contributed by atoms with Gasteiger partial charge in [0.05, 0.1) is 26.7 Å². The quantitative estimate of drug-likeness (QED) is 0.769. The molecule has 0 saturated carbocycles. The Labute approximate surface area is 142 Å². The van der Waals surface area contributed by atoms with Crippen LogP contribution in [0.1, 0.15) is 26.3 Å².